The first-order valence-corrected chi connectivity index (χ1v) is 9.50. The van der Waals surface area contributed by atoms with Crippen LogP contribution >= 0.6 is 35.0 Å². The highest BCUT2D eigenvalue weighted by atomic mass is 35.5. The number of rotatable bonds is 5. The lowest BCUT2D eigenvalue weighted by molar-refractivity contribution is -0.118. The highest BCUT2D eigenvalue weighted by Crippen LogP contribution is 2.30. The fourth-order valence-electron chi connectivity index (χ4n) is 2.41. The van der Waals surface area contributed by atoms with Gasteiger partial charge in [-0.15, -0.1) is 5.10 Å². The maximum absolute atomic E-state index is 12.2. The third kappa shape index (κ3) is 4.74. The number of thioether (sulfide) groups is 1. The molecular weight excluding hydrogens is 409 g/mol. The van der Waals surface area contributed by atoms with Gasteiger partial charge in [0.1, 0.15) is 0 Å². The van der Waals surface area contributed by atoms with Crippen molar-refractivity contribution in [3.05, 3.63) is 57.6 Å². The molecular formula is C18H15Cl2N3O3S. The van der Waals surface area contributed by atoms with E-state index in [1.54, 1.807) is 24.3 Å². The summed E-state index contributed by atoms with van der Waals surface area (Å²) in [6, 6.07) is 10.1. The van der Waals surface area contributed by atoms with E-state index in [1.807, 2.05) is 6.07 Å². The largest absolute Gasteiger partial charge is 0.504 e. The molecule has 2 N–H and O–H groups in total. The molecule has 2 aromatic carbocycles. The first-order chi connectivity index (χ1) is 13.0. The Bertz CT molecular complexity index is 934. The minimum Gasteiger partial charge on any atom is -0.504 e. The monoisotopic (exact) mass is 423 g/mol. The molecule has 27 heavy (non-hydrogen) atoms. The van der Waals surface area contributed by atoms with Gasteiger partial charge in [-0.2, -0.15) is 5.10 Å². The van der Waals surface area contributed by atoms with Crippen LogP contribution in [0.3, 0.4) is 0 Å². The first kappa shape index (κ1) is 19.5. The van der Waals surface area contributed by atoms with Gasteiger partial charge in [0.25, 0.3) is 0 Å². The van der Waals surface area contributed by atoms with E-state index in [-0.39, 0.29) is 16.9 Å². The van der Waals surface area contributed by atoms with Crippen molar-refractivity contribution in [3.63, 3.8) is 0 Å². The number of carbonyl (C=O) groups excluding carboxylic acids is 1. The van der Waals surface area contributed by atoms with E-state index in [4.69, 9.17) is 27.9 Å². The number of nitrogens with zero attached hydrogens (tertiary/aromatic N) is 2. The van der Waals surface area contributed by atoms with Crippen LogP contribution in [0.2, 0.25) is 10.0 Å². The Balaban J connectivity index is 1.67. The molecule has 0 spiro atoms. The van der Waals surface area contributed by atoms with Crippen molar-refractivity contribution in [2.24, 2.45) is 10.2 Å². The van der Waals surface area contributed by atoms with Gasteiger partial charge in [-0.25, -0.2) is 0 Å². The minimum atomic E-state index is -0.358. The number of aromatic hydroxyl groups is 1. The summed E-state index contributed by atoms with van der Waals surface area (Å²) in [5.74, 6) is 0.229. The average Bonchev–Trinajstić information content (AvgIpc) is 3.00. The fourth-order valence-corrected chi connectivity index (χ4v) is 3.76. The van der Waals surface area contributed by atoms with Gasteiger partial charge in [0.05, 0.1) is 28.6 Å². The van der Waals surface area contributed by atoms with Crippen molar-refractivity contribution in [2.45, 2.75) is 11.7 Å². The van der Waals surface area contributed by atoms with Gasteiger partial charge in [-0.1, -0.05) is 47.1 Å². The number of amidine groups is 1. The maximum Gasteiger partial charge on any atom is 0.239 e. The van der Waals surface area contributed by atoms with Crippen molar-refractivity contribution in [2.75, 3.05) is 7.11 Å². The summed E-state index contributed by atoms with van der Waals surface area (Å²) >= 11 is 13.5. The molecule has 6 nitrogen and oxygen atoms in total. The van der Waals surface area contributed by atoms with Gasteiger partial charge >= 0.3 is 0 Å². The Morgan fingerprint density at radius 3 is 2.93 bits per heavy atom. The van der Waals surface area contributed by atoms with Crippen LogP contribution in [0.5, 0.6) is 11.5 Å². The van der Waals surface area contributed by atoms with Crippen LogP contribution in [0.15, 0.2) is 46.6 Å². The zero-order chi connectivity index (χ0) is 19.4. The molecule has 1 saturated heterocycles. The molecule has 1 aliphatic rings. The molecule has 2 aromatic rings. The van der Waals surface area contributed by atoms with Crippen molar-refractivity contribution >= 4 is 52.3 Å². The highest BCUT2D eigenvalue weighted by molar-refractivity contribution is 8.15. The standard InChI is InChI=1S/C18H15Cl2N3O3S/c1-26-14-7-10(5-6-13(14)24)9-21-23-18-22-17(25)15(27-18)8-11-3-2-4-12(19)16(11)20/h2-7,9,15,24H,8H2,1H3,(H,22,23,25)/b21-9-/t15-/m1/s1. The molecule has 0 saturated carbocycles. The number of phenols is 1. The number of nitrogens with one attached hydrogen (secondary N) is 1. The average molecular weight is 424 g/mol. The third-order valence-electron chi connectivity index (χ3n) is 3.77. The van der Waals surface area contributed by atoms with Crippen LogP contribution < -0.4 is 10.1 Å². The van der Waals surface area contributed by atoms with E-state index in [1.165, 1.54) is 31.2 Å². The number of amides is 1. The Hall–Kier alpha value is -2.22. The number of carbonyl (C=O) groups is 1. The van der Waals surface area contributed by atoms with Gasteiger partial charge < -0.3 is 15.2 Å². The number of benzene rings is 2. The Morgan fingerprint density at radius 2 is 2.15 bits per heavy atom. The summed E-state index contributed by atoms with van der Waals surface area (Å²) in [7, 11) is 1.47. The highest BCUT2D eigenvalue weighted by Gasteiger charge is 2.31. The van der Waals surface area contributed by atoms with Crippen LogP contribution in [0.1, 0.15) is 11.1 Å². The van der Waals surface area contributed by atoms with E-state index in [2.05, 4.69) is 15.5 Å². The summed E-state index contributed by atoms with van der Waals surface area (Å²) in [4.78, 5) is 12.2. The van der Waals surface area contributed by atoms with E-state index in [0.29, 0.717) is 32.9 Å². The molecule has 0 aromatic heterocycles. The molecule has 9 heteroatoms. The molecule has 140 valence electrons. The summed E-state index contributed by atoms with van der Waals surface area (Å²) in [5, 5.41) is 21.3. The molecule has 0 unspecified atom stereocenters. The topological polar surface area (TPSA) is 83.3 Å². The molecule has 0 bridgehead atoms. The summed E-state index contributed by atoms with van der Waals surface area (Å²) in [5.41, 5.74) is 1.50. The molecule has 3 rings (SSSR count). The Morgan fingerprint density at radius 1 is 1.33 bits per heavy atom. The Kier molecular flexibility index (Phi) is 6.26. The third-order valence-corrected chi connectivity index (χ3v) is 5.70. The number of halogens is 2. The summed E-state index contributed by atoms with van der Waals surface area (Å²) in [6.07, 6.45) is 1.94. The van der Waals surface area contributed by atoms with Gasteiger partial charge in [0.2, 0.25) is 5.91 Å². The summed E-state index contributed by atoms with van der Waals surface area (Å²) in [6.45, 7) is 0. The lowest BCUT2D eigenvalue weighted by Crippen LogP contribution is -2.26. The van der Waals surface area contributed by atoms with E-state index < -0.39 is 0 Å². The molecule has 1 amide bonds. The number of hydrogen-bond donors (Lipinski definition) is 2. The molecule has 1 fully saturated rings. The van der Waals surface area contributed by atoms with Gasteiger partial charge in [0, 0.05) is 0 Å². The Labute approximate surface area is 170 Å². The lowest BCUT2D eigenvalue weighted by Gasteiger charge is -2.08. The van der Waals surface area contributed by atoms with Crippen LogP contribution in [-0.4, -0.2) is 34.8 Å². The van der Waals surface area contributed by atoms with Gasteiger partial charge in [-0.3, -0.25) is 4.79 Å². The first-order valence-electron chi connectivity index (χ1n) is 7.86. The number of phenolic OH excluding ortho intramolecular Hbond substituents is 1. The lowest BCUT2D eigenvalue weighted by atomic mass is 10.1. The minimum absolute atomic E-state index is 0.0436. The second kappa shape index (κ2) is 8.65. The van der Waals surface area contributed by atoms with E-state index in [9.17, 15) is 9.90 Å². The quantitative estimate of drug-likeness (QED) is 0.564. The molecule has 1 aliphatic heterocycles. The van der Waals surface area contributed by atoms with Crippen molar-refractivity contribution in [1.29, 1.82) is 0 Å². The normalized spacial score (nSPS) is 18.3. The molecule has 0 aliphatic carbocycles. The van der Waals surface area contributed by atoms with Gasteiger partial charge in [-0.05, 0) is 41.8 Å². The predicted octanol–water partition coefficient (Wildman–Crippen LogP) is 3.87. The van der Waals surface area contributed by atoms with Crippen LogP contribution in [-0.2, 0) is 11.2 Å². The van der Waals surface area contributed by atoms with Crippen LogP contribution in [0, 0.1) is 0 Å². The van der Waals surface area contributed by atoms with Crippen LogP contribution in [0.4, 0.5) is 0 Å². The van der Waals surface area contributed by atoms with Gasteiger partial charge in [0.15, 0.2) is 16.7 Å². The van der Waals surface area contributed by atoms with Crippen molar-refractivity contribution < 1.29 is 14.6 Å². The zero-order valence-corrected chi connectivity index (χ0v) is 16.5. The number of ether oxygens (including phenoxy) is 1. The smallest absolute Gasteiger partial charge is 0.239 e. The van der Waals surface area contributed by atoms with E-state index >= 15 is 0 Å². The number of hydrogen-bond acceptors (Lipinski definition) is 6. The summed E-state index contributed by atoms with van der Waals surface area (Å²) < 4.78 is 5.04. The maximum atomic E-state index is 12.2. The molecule has 1 heterocycles. The number of methoxy groups -OCH3 is 1. The van der Waals surface area contributed by atoms with Crippen molar-refractivity contribution in [3.8, 4) is 11.5 Å². The predicted molar refractivity (Wildman–Crippen MR) is 109 cm³/mol. The molecule has 1 atom stereocenters. The SMILES string of the molecule is COc1cc(/C=N\N=C2\NC(=O)[C@@H](Cc3cccc(Cl)c3Cl)S2)ccc1O. The zero-order valence-electron chi connectivity index (χ0n) is 14.1. The van der Waals surface area contributed by atoms with Crippen LogP contribution in [0.25, 0.3) is 0 Å². The molecule has 0 radical (unpaired) electrons. The van der Waals surface area contributed by atoms with E-state index in [0.717, 1.165) is 5.56 Å². The second-order valence-corrected chi connectivity index (χ2v) is 7.57. The van der Waals surface area contributed by atoms with Crippen molar-refractivity contribution in [1.82, 2.24) is 5.32 Å². The second-order valence-electron chi connectivity index (χ2n) is 5.59. The fraction of sp³-hybridized carbons (Fsp3) is 0.167.